The van der Waals surface area contributed by atoms with Gasteiger partial charge in [0, 0.05) is 28.0 Å². The van der Waals surface area contributed by atoms with E-state index in [0.717, 1.165) is 17.8 Å². The quantitative estimate of drug-likeness (QED) is 0.891. The van der Waals surface area contributed by atoms with Gasteiger partial charge in [-0.25, -0.2) is 0 Å². The molecule has 1 N–H and O–H groups in total. The number of hydrogen-bond acceptors (Lipinski definition) is 3. The normalized spacial score (nSPS) is 11.2. The van der Waals surface area contributed by atoms with Gasteiger partial charge in [-0.2, -0.15) is 4.37 Å². The minimum atomic E-state index is 0.467. The van der Waals surface area contributed by atoms with Crippen LogP contribution in [0.3, 0.4) is 0 Å². The van der Waals surface area contributed by atoms with Crippen LogP contribution in [0.25, 0.3) is 11.3 Å². The second kappa shape index (κ2) is 6.02. The zero-order chi connectivity index (χ0) is 13.1. The predicted molar refractivity (Wildman–Crippen MR) is 79.5 cm³/mol. The topological polar surface area (TPSA) is 24.9 Å². The second-order valence-corrected chi connectivity index (χ2v) is 6.07. The number of rotatable bonds is 4. The van der Waals surface area contributed by atoms with Crippen LogP contribution >= 0.6 is 34.7 Å². The first-order valence-corrected chi connectivity index (χ1v) is 7.23. The monoisotopic (exact) mass is 300 g/mol. The van der Waals surface area contributed by atoms with Gasteiger partial charge in [0.2, 0.25) is 0 Å². The Labute approximate surface area is 121 Å². The maximum Gasteiger partial charge on any atom is 0.0858 e. The smallest absolute Gasteiger partial charge is 0.0858 e. The Kier molecular flexibility index (Phi) is 4.62. The third kappa shape index (κ3) is 3.45. The Hall–Kier alpha value is -0.610. The van der Waals surface area contributed by atoms with Gasteiger partial charge in [-0.3, -0.25) is 0 Å². The number of nitrogens with zero attached hydrogens (tertiary/aromatic N) is 1. The maximum absolute atomic E-state index is 6.17. The predicted octanol–water partition coefficient (Wildman–Crippen LogP) is 4.61. The largest absolute Gasteiger partial charge is 0.310 e. The Morgan fingerprint density at radius 1 is 1.28 bits per heavy atom. The molecule has 18 heavy (non-hydrogen) atoms. The zero-order valence-electron chi connectivity index (χ0n) is 10.2. The number of aromatic nitrogens is 1. The van der Waals surface area contributed by atoms with Crippen LogP contribution in [0, 0.1) is 0 Å². The van der Waals surface area contributed by atoms with E-state index in [9.17, 15) is 0 Å². The van der Waals surface area contributed by atoms with Gasteiger partial charge in [0.1, 0.15) is 0 Å². The van der Waals surface area contributed by atoms with Crippen molar-refractivity contribution in [2.24, 2.45) is 0 Å². The van der Waals surface area contributed by atoms with Gasteiger partial charge in [-0.1, -0.05) is 37.0 Å². The molecule has 0 radical (unpaired) electrons. The molecule has 96 valence electrons. The molecule has 0 amide bonds. The van der Waals surface area contributed by atoms with Crippen LogP contribution in [0.15, 0.2) is 24.3 Å². The highest BCUT2D eigenvalue weighted by Gasteiger charge is 2.09. The lowest BCUT2D eigenvalue weighted by atomic mass is 10.1. The molecule has 0 saturated carbocycles. The van der Waals surface area contributed by atoms with Crippen molar-refractivity contribution in [2.45, 2.75) is 26.4 Å². The number of benzene rings is 1. The molecule has 0 aliphatic heterocycles. The molecule has 2 rings (SSSR count). The number of hydrogen-bond donors (Lipinski definition) is 1. The molecule has 0 unspecified atom stereocenters. The standard InChI is InChI=1S/C13H14Cl2N2S/c1-8(2)16-7-10-6-13(17-18-10)11-4-3-9(14)5-12(11)15/h3-6,8,16H,7H2,1-2H3. The highest BCUT2D eigenvalue weighted by atomic mass is 35.5. The summed E-state index contributed by atoms with van der Waals surface area (Å²) >= 11 is 13.5. The summed E-state index contributed by atoms with van der Waals surface area (Å²) in [5, 5.41) is 4.64. The van der Waals surface area contributed by atoms with E-state index < -0.39 is 0 Å². The van der Waals surface area contributed by atoms with Crippen molar-refractivity contribution in [1.82, 2.24) is 9.69 Å². The lowest BCUT2D eigenvalue weighted by molar-refractivity contribution is 0.593. The van der Waals surface area contributed by atoms with Crippen molar-refractivity contribution in [3.63, 3.8) is 0 Å². The maximum atomic E-state index is 6.17. The molecule has 1 heterocycles. The number of halogens is 2. The summed E-state index contributed by atoms with van der Waals surface area (Å²) in [4.78, 5) is 1.20. The molecule has 1 aromatic heterocycles. The highest BCUT2D eigenvalue weighted by molar-refractivity contribution is 7.06. The summed E-state index contributed by atoms with van der Waals surface area (Å²) in [6.45, 7) is 5.08. The summed E-state index contributed by atoms with van der Waals surface area (Å²) in [5.74, 6) is 0. The average molecular weight is 301 g/mol. The van der Waals surface area contributed by atoms with Crippen LogP contribution < -0.4 is 5.32 Å². The van der Waals surface area contributed by atoms with Crippen LogP contribution in [0.1, 0.15) is 18.7 Å². The minimum Gasteiger partial charge on any atom is -0.310 e. The van der Waals surface area contributed by atoms with E-state index >= 15 is 0 Å². The molecule has 0 fully saturated rings. The fourth-order valence-electron chi connectivity index (χ4n) is 1.53. The first-order valence-electron chi connectivity index (χ1n) is 5.70. The Bertz CT molecular complexity index is 538. The van der Waals surface area contributed by atoms with Crippen LogP contribution in [0.5, 0.6) is 0 Å². The first kappa shape index (κ1) is 13.8. The minimum absolute atomic E-state index is 0.467. The molecular weight excluding hydrogens is 287 g/mol. The van der Waals surface area contributed by atoms with E-state index in [1.54, 1.807) is 6.07 Å². The van der Waals surface area contributed by atoms with Crippen molar-refractivity contribution in [3.05, 3.63) is 39.2 Å². The molecule has 2 aromatic rings. The highest BCUT2D eigenvalue weighted by Crippen LogP contribution is 2.30. The Balaban J connectivity index is 2.18. The van der Waals surface area contributed by atoms with Crippen molar-refractivity contribution in [2.75, 3.05) is 0 Å². The van der Waals surface area contributed by atoms with Crippen LogP contribution in [0.4, 0.5) is 0 Å². The van der Waals surface area contributed by atoms with Gasteiger partial charge < -0.3 is 5.32 Å². The van der Waals surface area contributed by atoms with Gasteiger partial charge in [-0.05, 0) is 35.8 Å². The molecule has 0 atom stereocenters. The molecule has 2 nitrogen and oxygen atoms in total. The molecule has 0 aliphatic rings. The van der Waals surface area contributed by atoms with Gasteiger partial charge in [0.05, 0.1) is 10.7 Å². The van der Waals surface area contributed by atoms with Gasteiger partial charge >= 0.3 is 0 Å². The first-order chi connectivity index (χ1) is 8.56. The van der Waals surface area contributed by atoms with Gasteiger partial charge in [0.25, 0.3) is 0 Å². The Morgan fingerprint density at radius 2 is 2.06 bits per heavy atom. The van der Waals surface area contributed by atoms with Crippen LogP contribution in [-0.4, -0.2) is 10.4 Å². The molecule has 0 bridgehead atoms. The van der Waals surface area contributed by atoms with E-state index in [0.29, 0.717) is 16.1 Å². The summed E-state index contributed by atoms with van der Waals surface area (Å²) in [6, 6.07) is 8.00. The SMILES string of the molecule is CC(C)NCc1cc(-c2ccc(Cl)cc2Cl)ns1. The van der Waals surface area contributed by atoms with E-state index in [1.165, 1.54) is 16.4 Å². The summed E-state index contributed by atoms with van der Waals surface area (Å²) < 4.78 is 4.43. The van der Waals surface area contributed by atoms with Crippen LogP contribution in [0.2, 0.25) is 10.0 Å². The fourth-order valence-corrected chi connectivity index (χ4v) is 2.71. The molecule has 1 aromatic carbocycles. The third-order valence-corrected chi connectivity index (χ3v) is 3.78. The van der Waals surface area contributed by atoms with E-state index in [1.807, 2.05) is 12.1 Å². The van der Waals surface area contributed by atoms with Crippen molar-refractivity contribution in [1.29, 1.82) is 0 Å². The van der Waals surface area contributed by atoms with Crippen molar-refractivity contribution in [3.8, 4) is 11.3 Å². The second-order valence-electron chi connectivity index (χ2n) is 4.34. The molecular formula is C13H14Cl2N2S. The van der Waals surface area contributed by atoms with E-state index in [4.69, 9.17) is 23.2 Å². The van der Waals surface area contributed by atoms with Crippen molar-refractivity contribution >= 4 is 34.7 Å². The summed E-state index contributed by atoms with van der Waals surface area (Å²) in [6.07, 6.45) is 0. The summed E-state index contributed by atoms with van der Waals surface area (Å²) in [7, 11) is 0. The third-order valence-electron chi connectivity index (χ3n) is 2.45. The fraction of sp³-hybridized carbons (Fsp3) is 0.308. The molecule has 5 heteroatoms. The number of nitrogens with one attached hydrogen (secondary N) is 1. The van der Waals surface area contributed by atoms with Gasteiger partial charge in [0.15, 0.2) is 0 Å². The van der Waals surface area contributed by atoms with E-state index in [-0.39, 0.29) is 0 Å². The lowest BCUT2D eigenvalue weighted by Crippen LogP contribution is -2.21. The van der Waals surface area contributed by atoms with Gasteiger partial charge in [-0.15, -0.1) is 0 Å². The average Bonchev–Trinajstić information content (AvgIpc) is 2.75. The summed E-state index contributed by atoms with van der Waals surface area (Å²) in [5.41, 5.74) is 1.83. The zero-order valence-corrected chi connectivity index (χ0v) is 12.5. The van der Waals surface area contributed by atoms with Crippen LogP contribution in [-0.2, 0) is 6.54 Å². The molecule has 0 spiro atoms. The molecule has 0 aliphatic carbocycles. The van der Waals surface area contributed by atoms with E-state index in [2.05, 4.69) is 29.6 Å². The Morgan fingerprint density at radius 3 is 2.72 bits per heavy atom. The van der Waals surface area contributed by atoms with Crippen molar-refractivity contribution < 1.29 is 0 Å². The molecule has 0 saturated heterocycles. The lowest BCUT2D eigenvalue weighted by Gasteiger charge is -2.04.